The van der Waals surface area contributed by atoms with Crippen LogP contribution in [0.4, 0.5) is 0 Å². The average Bonchev–Trinajstić information content (AvgIpc) is 2.04. The predicted molar refractivity (Wildman–Crippen MR) is 54.8 cm³/mol. The van der Waals surface area contributed by atoms with Gasteiger partial charge in [-0.05, 0) is 5.56 Å². The Kier molecular flexibility index (Phi) is 3.39. The molecule has 1 rings (SSSR count). The SMILES string of the molecule is C=Cc1ccccc1P(Cl)Cl. The van der Waals surface area contributed by atoms with Gasteiger partial charge in [0.15, 0.2) is 0 Å². The fourth-order valence-electron chi connectivity index (χ4n) is 0.814. The molecule has 11 heavy (non-hydrogen) atoms. The first-order valence-corrected chi connectivity index (χ1v) is 6.24. The highest BCUT2D eigenvalue weighted by atomic mass is 35.9. The van der Waals surface area contributed by atoms with Crippen molar-refractivity contribution in [3.63, 3.8) is 0 Å². The molecule has 0 aliphatic carbocycles. The van der Waals surface area contributed by atoms with E-state index >= 15 is 0 Å². The van der Waals surface area contributed by atoms with Crippen molar-refractivity contribution in [2.75, 3.05) is 0 Å². The molecule has 0 saturated carbocycles. The second-order valence-corrected chi connectivity index (χ2v) is 5.49. The smallest absolute Gasteiger partial charge is 0.0984 e. The third-order valence-electron chi connectivity index (χ3n) is 1.34. The van der Waals surface area contributed by atoms with Gasteiger partial charge in [-0.2, -0.15) is 0 Å². The number of hydrogen-bond acceptors (Lipinski definition) is 0. The number of benzene rings is 1. The van der Waals surface area contributed by atoms with Gasteiger partial charge >= 0.3 is 0 Å². The Morgan fingerprint density at radius 1 is 1.27 bits per heavy atom. The van der Waals surface area contributed by atoms with Crippen LogP contribution in [-0.2, 0) is 0 Å². The van der Waals surface area contributed by atoms with Crippen LogP contribution in [0.1, 0.15) is 5.56 Å². The molecule has 0 fully saturated rings. The largest absolute Gasteiger partial charge is 0.117 e. The van der Waals surface area contributed by atoms with Gasteiger partial charge in [0.1, 0.15) is 6.63 Å². The molecule has 0 N–H and O–H groups in total. The Morgan fingerprint density at radius 3 is 2.36 bits per heavy atom. The summed E-state index contributed by atoms with van der Waals surface area (Å²) >= 11 is 11.5. The molecule has 0 nitrogen and oxygen atoms in total. The molecule has 0 aromatic heterocycles. The van der Waals surface area contributed by atoms with E-state index in [0.717, 1.165) is 10.9 Å². The van der Waals surface area contributed by atoms with Gasteiger partial charge in [0.25, 0.3) is 0 Å². The molecular formula is C8H7Cl2P. The van der Waals surface area contributed by atoms with Crippen LogP contribution in [-0.4, -0.2) is 0 Å². The van der Waals surface area contributed by atoms with Crippen LogP contribution < -0.4 is 5.30 Å². The van der Waals surface area contributed by atoms with E-state index in [1.807, 2.05) is 24.3 Å². The lowest BCUT2D eigenvalue weighted by Crippen LogP contribution is -1.98. The maximum absolute atomic E-state index is 5.77. The normalized spacial score (nSPS) is 10.1. The van der Waals surface area contributed by atoms with Crippen molar-refractivity contribution in [1.82, 2.24) is 0 Å². The molecule has 1 aromatic carbocycles. The van der Waals surface area contributed by atoms with E-state index in [4.69, 9.17) is 22.5 Å². The highest BCUT2D eigenvalue weighted by Gasteiger charge is 2.05. The summed E-state index contributed by atoms with van der Waals surface area (Å²) in [6.45, 7) is 2.62. The van der Waals surface area contributed by atoms with Gasteiger partial charge in [0.2, 0.25) is 0 Å². The minimum absolute atomic E-state index is 0.973. The van der Waals surface area contributed by atoms with Gasteiger partial charge in [-0.15, -0.1) is 0 Å². The van der Waals surface area contributed by atoms with Crippen LogP contribution in [0.3, 0.4) is 0 Å². The lowest BCUT2D eigenvalue weighted by atomic mass is 10.2. The molecule has 3 heteroatoms. The van der Waals surface area contributed by atoms with Gasteiger partial charge in [-0.3, -0.25) is 0 Å². The van der Waals surface area contributed by atoms with Crippen molar-refractivity contribution >= 4 is 40.5 Å². The Morgan fingerprint density at radius 2 is 1.91 bits per heavy atom. The Labute approximate surface area is 77.2 Å². The van der Waals surface area contributed by atoms with Crippen LogP contribution in [0, 0.1) is 0 Å². The van der Waals surface area contributed by atoms with Crippen LogP contribution in [0.2, 0.25) is 0 Å². The molecular weight excluding hydrogens is 198 g/mol. The minimum atomic E-state index is -1.05. The standard InChI is InChI=1S/C8H7Cl2P/c1-2-7-5-3-4-6-8(7)11(9)10/h2-6H,1H2. The zero-order valence-corrected chi connectivity index (χ0v) is 8.20. The van der Waals surface area contributed by atoms with Crippen LogP contribution in [0.15, 0.2) is 30.8 Å². The van der Waals surface area contributed by atoms with E-state index in [2.05, 4.69) is 6.58 Å². The highest BCUT2D eigenvalue weighted by molar-refractivity contribution is 8.09. The number of halogens is 2. The van der Waals surface area contributed by atoms with E-state index in [1.165, 1.54) is 0 Å². The summed E-state index contributed by atoms with van der Waals surface area (Å²) in [5, 5.41) is 0.973. The maximum atomic E-state index is 5.77. The van der Waals surface area contributed by atoms with Crippen molar-refractivity contribution in [3.8, 4) is 0 Å². The Balaban J connectivity index is 3.12. The molecule has 0 bridgehead atoms. The second-order valence-electron chi connectivity index (χ2n) is 2.00. The first-order valence-electron chi connectivity index (χ1n) is 3.09. The number of hydrogen-bond donors (Lipinski definition) is 0. The fourth-order valence-corrected chi connectivity index (χ4v) is 2.30. The van der Waals surface area contributed by atoms with Crippen LogP contribution >= 0.6 is 29.1 Å². The molecule has 1 aromatic rings. The summed E-state index contributed by atoms with van der Waals surface area (Å²) in [6, 6.07) is 7.72. The quantitative estimate of drug-likeness (QED) is 0.645. The molecule has 0 aliphatic heterocycles. The van der Waals surface area contributed by atoms with Crippen molar-refractivity contribution in [3.05, 3.63) is 36.4 Å². The van der Waals surface area contributed by atoms with Gasteiger partial charge in [0.05, 0.1) is 0 Å². The van der Waals surface area contributed by atoms with Crippen LogP contribution in [0.5, 0.6) is 0 Å². The molecule has 0 unspecified atom stereocenters. The molecule has 0 amide bonds. The lowest BCUT2D eigenvalue weighted by molar-refractivity contribution is 1.73. The summed E-state index contributed by atoms with van der Waals surface area (Å²) in [7, 11) is 0. The van der Waals surface area contributed by atoms with E-state index in [1.54, 1.807) is 6.08 Å². The third kappa shape index (κ3) is 2.20. The first-order chi connectivity index (χ1) is 5.25. The zero-order valence-electron chi connectivity index (χ0n) is 5.80. The van der Waals surface area contributed by atoms with E-state index < -0.39 is 6.63 Å². The monoisotopic (exact) mass is 204 g/mol. The molecule has 0 saturated heterocycles. The molecule has 0 spiro atoms. The Bertz CT molecular complexity index is 258. The lowest BCUT2D eigenvalue weighted by Gasteiger charge is -2.03. The summed E-state index contributed by atoms with van der Waals surface area (Å²) < 4.78 is 0. The second kappa shape index (κ2) is 4.11. The topological polar surface area (TPSA) is 0 Å². The zero-order chi connectivity index (χ0) is 8.27. The third-order valence-corrected chi connectivity index (χ3v) is 3.20. The van der Waals surface area contributed by atoms with Gasteiger partial charge in [-0.25, -0.2) is 0 Å². The molecule has 58 valence electrons. The van der Waals surface area contributed by atoms with Crippen molar-refractivity contribution in [1.29, 1.82) is 0 Å². The van der Waals surface area contributed by atoms with Crippen molar-refractivity contribution < 1.29 is 0 Å². The van der Waals surface area contributed by atoms with Gasteiger partial charge in [0, 0.05) is 5.30 Å². The van der Waals surface area contributed by atoms with E-state index in [0.29, 0.717) is 0 Å². The van der Waals surface area contributed by atoms with Crippen molar-refractivity contribution in [2.45, 2.75) is 0 Å². The molecule has 0 radical (unpaired) electrons. The van der Waals surface area contributed by atoms with E-state index in [-0.39, 0.29) is 0 Å². The molecule has 0 aliphatic rings. The average molecular weight is 205 g/mol. The first kappa shape index (κ1) is 9.06. The summed E-state index contributed by atoms with van der Waals surface area (Å²) in [4.78, 5) is 0. The molecule has 0 atom stereocenters. The fraction of sp³-hybridized carbons (Fsp3) is 0. The Hall–Kier alpha value is -0.0300. The maximum Gasteiger partial charge on any atom is 0.117 e. The van der Waals surface area contributed by atoms with Gasteiger partial charge in [-0.1, -0.05) is 59.4 Å². The van der Waals surface area contributed by atoms with Crippen molar-refractivity contribution in [2.24, 2.45) is 0 Å². The summed E-state index contributed by atoms with van der Waals surface area (Å²) in [5.41, 5.74) is 1.02. The summed E-state index contributed by atoms with van der Waals surface area (Å²) in [5.74, 6) is 0. The molecule has 0 heterocycles. The summed E-state index contributed by atoms with van der Waals surface area (Å²) in [6.07, 6.45) is 1.76. The van der Waals surface area contributed by atoms with E-state index in [9.17, 15) is 0 Å². The number of rotatable bonds is 2. The van der Waals surface area contributed by atoms with Crippen LogP contribution in [0.25, 0.3) is 6.08 Å². The van der Waals surface area contributed by atoms with Gasteiger partial charge < -0.3 is 0 Å². The highest BCUT2D eigenvalue weighted by Crippen LogP contribution is 2.46. The predicted octanol–water partition coefficient (Wildman–Crippen LogP) is 3.74. The minimum Gasteiger partial charge on any atom is -0.0984 e.